The Hall–Kier alpha value is -1.85. The van der Waals surface area contributed by atoms with Crippen molar-refractivity contribution in [3.05, 3.63) is 48.3 Å². The first-order chi connectivity index (χ1) is 10.9. The smallest absolute Gasteiger partial charge is 0.354 e. The van der Waals surface area contributed by atoms with Gasteiger partial charge in [-0.25, -0.2) is 4.79 Å². The van der Waals surface area contributed by atoms with E-state index in [1.807, 2.05) is 47.2 Å². The standard InChI is InChI=1S/C18H25NO3Si/c1-21-18(20)17-12-16(15-8-6-5-7-9-15)13-19(17)14-22-10-11-23(2,3)4/h5-9,12-13H,10-11,14H2,1-4H3. The lowest BCUT2D eigenvalue weighted by atomic mass is 10.1. The highest BCUT2D eigenvalue weighted by Crippen LogP contribution is 2.22. The van der Waals surface area contributed by atoms with Gasteiger partial charge in [-0.05, 0) is 17.7 Å². The number of aromatic nitrogens is 1. The number of methoxy groups -OCH3 is 1. The first-order valence-corrected chi connectivity index (χ1v) is 11.5. The van der Waals surface area contributed by atoms with Crippen molar-refractivity contribution in [2.75, 3.05) is 13.7 Å². The summed E-state index contributed by atoms with van der Waals surface area (Å²) in [5.74, 6) is -0.346. The Balaban J connectivity index is 2.14. The van der Waals surface area contributed by atoms with E-state index < -0.39 is 8.07 Å². The molecule has 1 heterocycles. The molecule has 0 N–H and O–H groups in total. The Bertz CT molecular complexity index is 644. The van der Waals surface area contributed by atoms with E-state index >= 15 is 0 Å². The van der Waals surface area contributed by atoms with E-state index in [-0.39, 0.29) is 5.97 Å². The van der Waals surface area contributed by atoms with Crippen LogP contribution in [0.3, 0.4) is 0 Å². The molecule has 0 unspecified atom stereocenters. The van der Waals surface area contributed by atoms with Gasteiger partial charge < -0.3 is 14.0 Å². The van der Waals surface area contributed by atoms with Crippen molar-refractivity contribution in [2.24, 2.45) is 0 Å². The molecule has 0 fully saturated rings. The summed E-state index contributed by atoms with van der Waals surface area (Å²) in [6.07, 6.45) is 1.94. The van der Waals surface area contributed by atoms with Gasteiger partial charge in [0.15, 0.2) is 0 Å². The van der Waals surface area contributed by atoms with E-state index in [9.17, 15) is 4.79 Å². The van der Waals surface area contributed by atoms with Gasteiger partial charge in [0, 0.05) is 26.4 Å². The molecule has 4 nitrogen and oxygen atoms in total. The van der Waals surface area contributed by atoms with Crippen molar-refractivity contribution in [1.82, 2.24) is 4.57 Å². The van der Waals surface area contributed by atoms with Crippen molar-refractivity contribution < 1.29 is 14.3 Å². The molecule has 23 heavy (non-hydrogen) atoms. The lowest BCUT2D eigenvalue weighted by molar-refractivity contribution is 0.0540. The molecule has 0 saturated carbocycles. The SMILES string of the molecule is COC(=O)c1cc(-c2ccccc2)cn1COCC[Si](C)(C)C. The Morgan fingerprint density at radius 2 is 1.83 bits per heavy atom. The number of hydrogen-bond acceptors (Lipinski definition) is 3. The molecule has 0 spiro atoms. The van der Waals surface area contributed by atoms with Gasteiger partial charge in [-0.2, -0.15) is 0 Å². The van der Waals surface area contributed by atoms with Crippen LogP contribution in [0.2, 0.25) is 25.7 Å². The molecule has 0 aliphatic heterocycles. The number of hydrogen-bond donors (Lipinski definition) is 0. The lowest BCUT2D eigenvalue weighted by Crippen LogP contribution is -2.22. The average molecular weight is 331 g/mol. The molecule has 0 saturated heterocycles. The molecule has 5 heteroatoms. The molecule has 1 aromatic heterocycles. The van der Waals surface area contributed by atoms with E-state index in [0.717, 1.165) is 23.8 Å². The minimum Gasteiger partial charge on any atom is -0.464 e. The molecule has 0 amide bonds. The normalized spacial score (nSPS) is 11.5. The van der Waals surface area contributed by atoms with Crippen molar-refractivity contribution in [3.8, 4) is 11.1 Å². The van der Waals surface area contributed by atoms with Crippen LogP contribution in [0.1, 0.15) is 10.5 Å². The van der Waals surface area contributed by atoms with Gasteiger partial charge >= 0.3 is 5.97 Å². The van der Waals surface area contributed by atoms with Crippen molar-refractivity contribution in [2.45, 2.75) is 32.4 Å². The number of carbonyl (C=O) groups excluding carboxylic acids is 1. The monoisotopic (exact) mass is 331 g/mol. The van der Waals surface area contributed by atoms with Crippen LogP contribution in [0.15, 0.2) is 42.6 Å². The molecule has 2 rings (SSSR count). The van der Waals surface area contributed by atoms with Gasteiger partial charge in [-0.3, -0.25) is 0 Å². The van der Waals surface area contributed by atoms with E-state index in [1.54, 1.807) is 0 Å². The fourth-order valence-corrected chi connectivity index (χ4v) is 2.98. The summed E-state index contributed by atoms with van der Waals surface area (Å²) in [6, 6.07) is 12.9. The zero-order chi connectivity index (χ0) is 16.9. The zero-order valence-electron chi connectivity index (χ0n) is 14.3. The second kappa shape index (κ2) is 7.61. The molecule has 0 aliphatic carbocycles. The molecule has 0 radical (unpaired) electrons. The molecule has 0 aliphatic rings. The summed E-state index contributed by atoms with van der Waals surface area (Å²) < 4.78 is 12.5. The van der Waals surface area contributed by atoms with Crippen LogP contribution in [0.25, 0.3) is 11.1 Å². The maximum absolute atomic E-state index is 12.0. The molecule has 2 aromatic rings. The average Bonchev–Trinajstić information content (AvgIpc) is 2.95. The number of rotatable bonds is 7. The highest BCUT2D eigenvalue weighted by Gasteiger charge is 2.16. The van der Waals surface area contributed by atoms with Crippen LogP contribution in [-0.2, 0) is 16.2 Å². The fraction of sp³-hybridized carbons (Fsp3) is 0.389. The third-order valence-corrected chi connectivity index (χ3v) is 5.33. The van der Waals surface area contributed by atoms with Crippen molar-refractivity contribution in [1.29, 1.82) is 0 Å². The number of ether oxygens (including phenoxy) is 2. The van der Waals surface area contributed by atoms with E-state index in [0.29, 0.717) is 12.4 Å². The summed E-state index contributed by atoms with van der Waals surface area (Å²) in [5.41, 5.74) is 2.57. The van der Waals surface area contributed by atoms with Crippen molar-refractivity contribution >= 4 is 14.0 Å². The molecule has 124 valence electrons. The van der Waals surface area contributed by atoms with Gasteiger partial charge in [0.25, 0.3) is 0 Å². The second-order valence-corrected chi connectivity index (χ2v) is 12.4. The van der Waals surface area contributed by atoms with Crippen LogP contribution < -0.4 is 0 Å². The van der Waals surface area contributed by atoms with Crippen LogP contribution in [0.4, 0.5) is 0 Å². The molecular formula is C18H25NO3Si. The molecular weight excluding hydrogens is 306 g/mol. The van der Waals surface area contributed by atoms with E-state index in [4.69, 9.17) is 9.47 Å². The summed E-state index contributed by atoms with van der Waals surface area (Å²) in [6.45, 7) is 8.04. The third kappa shape index (κ3) is 5.08. The van der Waals surface area contributed by atoms with Crippen LogP contribution >= 0.6 is 0 Å². The lowest BCUT2D eigenvalue weighted by Gasteiger charge is -2.16. The Morgan fingerprint density at radius 3 is 2.43 bits per heavy atom. The van der Waals surface area contributed by atoms with Gasteiger partial charge in [0.05, 0.1) is 7.11 Å². The fourth-order valence-electron chi connectivity index (χ4n) is 2.22. The quantitative estimate of drug-likeness (QED) is 0.432. The van der Waals surface area contributed by atoms with E-state index in [2.05, 4.69) is 19.6 Å². The molecule has 1 aromatic carbocycles. The second-order valence-electron chi connectivity index (χ2n) is 6.79. The zero-order valence-corrected chi connectivity index (χ0v) is 15.3. The summed E-state index contributed by atoms with van der Waals surface area (Å²) in [7, 11) is 0.286. The predicted molar refractivity (Wildman–Crippen MR) is 95.3 cm³/mol. The van der Waals surface area contributed by atoms with Crippen LogP contribution in [0.5, 0.6) is 0 Å². The number of benzene rings is 1. The van der Waals surface area contributed by atoms with Gasteiger partial charge in [0.1, 0.15) is 12.4 Å². The summed E-state index contributed by atoms with van der Waals surface area (Å²) in [5, 5.41) is 0. The highest BCUT2D eigenvalue weighted by molar-refractivity contribution is 6.76. The Labute approximate surface area is 139 Å². The van der Waals surface area contributed by atoms with Gasteiger partial charge in [-0.1, -0.05) is 50.0 Å². The Morgan fingerprint density at radius 1 is 1.13 bits per heavy atom. The maximum Gasteiger partial charge on any atom is 0.354 e. The molecule has 0 bridgehead atoms. The minimum absolute atomic E-state index is 0.346. The summed E-state index contributed by atoms with van der Waals surface area (Å²) >= 11 is 0. The third-order valence-electron chi connectivity index (χ3n) is 3.63. The number of esters is 1. The van der Waals surface area contributed by atoms with Crippen LogP contribution in [0, 0.1) is 0 Å². The topological polar surface area (TPSA) is 40.5 Å². The van der Waals surface area contributed by atoms with Crippen molar-refractivity contribution in [3.63, 3.8) is 0 Å². The number of nitrogens with zero attached hydrogens (tertiary/aromatic N) is 1. The highest BCUT2D eigenvalue weighted by atomic mass is 28.3. The minimum atomic E-state index is -1.11. The first kappa shape index (κ1) is 17.5. The Kier molecular flexibility index (Phi) is 5.79. The number of carbonyl (C=O) groups is 1. The maximum atomic E-state index is 12.0. The molecule has 0 atom stereocenters. The predicted octanol–water partition coefficient (Wildman–Crippen LogP) is 4.25. The summed E-state index contributed by atoms with van der Waals surface area (Å²) in [4.78, 5) is 12.0. The van der Waals surface area contributed by atoms with Gasteiger partial charge in [-0.15, -0.1) is 0 Å². The van der Waals surface area contributed by atoms with Gasteiger partial charge in [0.2, 0.25) is 0 Å². The van der Waals surface area contributed by atoms with Crippen LogP contribution in [-0.4, -0.2) is 32.3 Å². The first-order valence-electron chi connectivity index (χ1n) is 7.82. The van der Waals surface area contributed by atoms with E-state index in [1.165, 1.54) is 7.11 Å². The largest absolute Gasteiger partial charge is 0.464 e.